The molecule has 0 aromatic heterocycles. The molecule has 0 radical (unpaired) electrons. The van der Waals surface area contributed by atoms with Crippen LogP contribution in [0.3, 0.4) is 0 Å². The van der Waals surface area contributed by atoms with Crippen molar-refractivity contribution in [1.29, 1.82) is 0 Å². The Morgan fingerprint density at radius 3 is 2.76 bits per heavy atom. The van der Waals surface area contributed by atoms with Crippen LogP contribution in [0.2, 0.25) is 10.0 Å². The second kappa shape index (κ2) is 9.35. The highest BCUT2D eigenvalue weighted by atomic mass is 35.5. The fourth-order valence-corrected chi connectivity index (χ4v) is 4.40. The third kappa shape index (κ3) is 4.86. The highest BCUT2D eigenvalue weighted by molar-refractivity contribution is 6.31. The fraction of sp³-hybridized carbons (Fsp3) is 0.409. The minimum absolute atomic E-state index is 0.00258. The highest BCUT2D eigenvalue weighted by Crippen LogP contribution is 2.31. The lowest BCUT2D eigenvalue weighted by Crippen LogP contribution is -2.46. The second-order valence-electron chi connectivity index (χ2n) is 7.39. The van der Waals surface area contributed by atoms with Crippen LogP contribution in [0.1, 0.15) is 17.2 Å². The summed E-state index contributed by atoms with van der Waals surface area (Å²) < 4.78 is 11.3. The lowest BCUT2D eigenvalue weighted by molar-refractivity contribution is -0.126. The van der Waals surface area contributed by atoms with E-state index >= 15 is 0 Å². The van der Waals surface area contributed by atoms with Gasteiger partial charge >= 0.3 is 0 Å². The van der Waals surface area contributed by atoms with E-state index in [9.17, 15) is 4.79 Å². The molecule has 0 aliphatic carbocycles. The summed E-state index contributed by atoms with van der Waals surface area (Å²) >= 11 is 12.6. The van der Waals surface area contributed by atoms with Crippen molar-refractivity contribution in [2.24, 2.45) is 5.92 Å². The number of fused-ring (bicyclic) bond motifs is 1. The van der Waals surface area contributed by atoms with Gasteiger partial charge in [0.2, 0.25) is 5.91 Å². The quantitative estimate of drug-likeness (QED) is 0.778. The van der Waals surface area contributed by atoms with Crippen molar-refractivity contribution in [2.45, 2.75) is 12.5 Å². The number of amides is 1. The average Bonchev–Trinajstić information content (AvgIpc) is 2.75. The summed E-state index contributed by atoms with van der Waals surface area (Å²) in [6, 6.07) is 13.3. The maximum Gasteiger partial charge on any atom is 0.226 e. The first-order chi connectivity index (χ1) is 14.1. The molecule has 1 amide bonds. The summed E-state index contributed by atoms with van der Waals surface area (Å²) in [5.41, 5.74) is 1.99. The van der Waals surface area contributed by atoms with Gasteiger partial charge in [0, 0.05) is 29.7 Å². The number of carbonyl (C=O) groups is 1. The summed E-state index contributed by atoms with van der Waals surface area (Å²) in [6.45, 7) is 3.84. The number of benzene rings is 2. The van der Waals surface area contributed by atoms with Crippen molar-refractivity contribution in [3.8, 4) is 5.75 Å². The molecule has 2 unspecified atom stereocenters. The van der Waals surface area contributed by atoms with E-state index in [1.807, 2.05) is 36.4 Å². The Morgan fingerprint density at radius 1 is 1.17 bits per heavy atom. The van der Waals surface area contributed by atoms with Crippen LogP contribution in [0.15, 0.2) is 42.5 Å². The normalized spacial score (nSPS) is 20.4. The highest BCUT2D eigenvalue weighted by Gasteiger charge is 2.29. The Morgan fingerprint density at radius 2 is 1.97 bits per heavy atom. The van der Waals surface area contributed by atoms with E-state index in [0.717, 1.165) is 30.0 Å². The first-order valence-electron chi connectivity index (χ1n) is 9.87. The van der Waals surface area contributed by atoms with E-state index < -0.39 is 0 Å². The molecular weight excluding hydrogens is 411 g/mol. The molecule has 2 aromatic carbocycles. The molecule has 2 aliphatic heterocycles. The number of rotatable bonds is 5. The summed E-state index contributed by atoms with van der Waals surface area (Å²) in [5.74, 6) is 0.555. The Balaban J connectivity index is 1.44. The molecule has 5 nitrogen and oxygen atoms in total. The van der Waals surface area contributed by atoms with Gasteiger partial charge in [0.15, 0.2) is 0 Å². The maximum absolute atomic E-state index is 12.9. The first-order valence-corrected chi connectivity index (χ1v) is 10.6. The van der Waals surface area contributed by atoms with E-state index in [0.29, 0.717) is 42.8 Å². The van der Waals surface area contributed by atoms with E-state index in [4.69, 9.17) is 32.7 Å². The number of carbonyl (C=O) groups excluding carboxylic acids is 1. The molecule has 1 fully saturated rings. The van der Waals surface area contributed by atoms with Gasteiger partial charge < -0.3 is 14.8 Å². The van der Waals surface area contributed by atoms with E-state index in [1.165, 1.54) is 0 Å². The number of halogens is 2. The van der Waals surface area contributed by atoms with Crippen molar-refractivity contribution in [2.75, 3.05) is 39.5 Å². The van der Waals surface area contributed by atoms with Crippen LogP contribution >= 0.6 is 23.2 Å². The van der Waals surface area contributed by atoms with Gasteiger partial charge in [-0.25, -0.2) is 0 Å². The lowest BCUT2D eigenvalue weighted by Gasteiger charge is -2.35. The van der Waals surface area contributed by atoms with Crippen LogP contribution in [0.4, 0.5) is 0 Å². The van der Waals surface area contributed by atoms with Gasteiger partial charge in [0.05, 0.1) is 25.2 Å². The van der Waals surface area contributed by atoms with Crippen molar-refractivity contribution < 1.29 is 14.3 Å². The predicted octanol–water partition coefficient (Wildman–Crippen LogP) is 3.73. The Labute approximate surface area is 180 Å². The van der Waals surface area contributed by atoms with Crippen molar-refractivity contribution in [3.05, 3.63) is 63.6 Å². The number of ether oxygens (including phenoxy) is 2. The molecule has 0 bridgehead atoms. The minimum Gasteiger partial charge on any atom is -0.492 e. The van der Waals surface area contributed by atoms with Crippen LogP contribution in [-0.4, -0.2) is 50.3 Å². The van der Waals surface area contributed by atoms with Gasteiger partial charge in [-0.1, -0.05) is 41.4 Å². The topological polar surface area (TPSA) is 50.8 Å². The molecule has 0 spiro atoms. The zero-order valence-corrected chi connectivity index (χ0v) is 17.6. The van der Waals surface area contributed by atoms with Gasteiger partial charge in [-0.2, -0.15) is 0 Å². The number of hydrogen-bond donors (Lipinski definition) is 1. The Bertz CT molecular complexity index is 871. The monoisotopic (exact) mass is 434 g/mol. The number of nitrogens with zero attached hydrogens (tertiary/aromatic N) is 1. The smallest absolute Gasteiger partial charge is 0.226 e. The van der Waals surface area contributed by atoms with Crippen LogP contribution in [0, 0.1) is 5.92 Å². The molecule has 2 heterocycles. The molecule has 154 valence electrons. The molecule has 0 saturated carbocycles. The lowest BCUT2D eigenvalue weighted by atomic mass is 9.95. The summed E-state index contributed by atoms with van der Waals surface area (Å²) in [4.78, 5) is 15.2. The minimum atomic E-state index is -0.238. The first kappa shape index (κ1) is 20.5. The molecule has 7 heteroatoms. The largest absolute Gasteiger partial charge is 0.492 e. The average molecular weight is 435 g/mol. The molecule has 29 heavy (non-hydrogen) atoms. The summed E-state index contributed by atoms with van der Waals surface area (Å²) in [6.07, 6.45) is 0.621. The molecule has 2 atom stereocenters. The van der Waals surface area contributed by atoms with Crippen LogP contribution in [-0.2, 0) is 16.0 Å². The Kier molecular flexibility index (Phi) is 6.60. The SMILES string of the molecule is O=C(NCC(c1ccccc1Cl)N1CCOCC1)C1COc2ccc(Cl)cc2C1. The van der Waals surface area contributed by atoms with Gasteiger partial charge in [0.25, 0.3) is 0 Å². The standard InChI is InChI=1S/C22H24Cl2N2O3/c23-17-5-6-21-15(12-17)11-16(14-29-21)22(27)25-13-20(26-7-9-28-10-8-26)18-3-1-2-4-19(18)24/h1-6,12,16,20H,7-11,13-14H2,(H,25,27). The summed E-state index contributed by atoms with van der Waals surface area (Å²) in [7, 11) is 0. The van der Waals surface area contributed by atoms with E-state index in [2.05, 4.69) is 10.2 Å². The van der Waals surface area contributed by atoms with E-state index in [1.54, 1.807) is 6.07 Å². The van der Waals surface area contributed by atoms with Crippen molar-refractivity contribution in [3.63, 3.8) is 0 Å². The number of morpholine rings is 1. The zero-order chi connectivity index (χ0) is 20.2. The van der Waals surface area contributed by atoms with Crippen molar-refractivity contribution >= 4 is 29.1 Å². The van der Waals surface area contributed by atoms with Gasteiger partial charge in [0.1, 0.15) is 12.4 Å². The van der Waals surface area contributed by atoms with Crippen LogP contribution < -0.4 is 10.1 Å². The molecule has 1 N–H and O–H groups in total. The van der Waals surface area contributed by atoms with Crippen LogP contribution in [0.25, 0.3) is 0 Å². The number of hydrogen-bond acceptors (Lipinski definition) is 4. The molecule has 1 saturated heterocycles. The second-order valence-corrected chi connectivity index (χ2v) is 8.24. The van der Waals surface area contributed by atoms with Crippen LogP contribution in [0.5, 0.6) is 5.75 Å². The zero-order valence-electron chi connectivity index (χ0n) is 16.1. The fourth-order valence-electron chi connectivity index (χ4n) is 3.94. The predicted molar refractivity (Wildman–Crippen MR) is 114 cm³/mol. The molecular formula is C22H24Cl2N2O3. The Hall–Kier alpha value is -1.79. The molecule has 2 aromatic rings. The van der Waals surface area contributed by atoms with Crippen molar-refractivity contribution in [1.82, 2.24) is 10.2 Å². The third-order valence-electron chi connectivity index (χ3n) is 5.52. The van der Waals surface area contributed by atoms with Gasteiger partial charge in [-0.15, -0.1) is 0 Å². The van der Waals surface area contributed by atoms with Gasteiger partial charge in [-0.3, -0.25) is 9.69 Å². The molecule has 2 aliphatic rings. The van der Waals surface area contributed by atoms with Gasteiger partial charge in [-0.05, 0) is 41.8 Å². The maximum atomic E-state index is 12.9. The third-order valence-corrected chi connectivity index (χ3v) is 6.10. The molecule has 4 rings (SSSR count). The summed E-state index contributed by atoms with van der Waals surface area (Å²) in [5, 5.41) is 4.49. The van der Waals surface area contributed by atoms with E-state index in [-0.39, 0.29) is 17.9 Å². The number of nitrogens with one attached hydrogen (secondary N) is 1.